The van der Waals surface area contributed by atoms with Crippen molar-refractivity contribution in [1.82, 2.24) is 4.98 Å². The molecule has 0 aliphatic heterocycles. The molecule has 1 heterocycles. The van der Waals surface area contributed by atoms with E-state index in [1.54, 1.807) is 0 Å². The lowest BCUT2D eigenvalue weighted by molar-refractivity contribution is 0.304. The summed E-state index contributed by atoms with van der Waals surface area (Å²) in [6.45, 7) is 5.16. The number of ether oxygens (including phenoxy) is 1. The van der Waals surface area contributed by atoms with E-state index in [4.69, 9.17) is 9.72 Å². The maximum atomic E-state index is 5.87. The van der Waals surface area contributed by atoms with Crippen LogP contribution >= 0.6 is 0 Å². The Morgan fingerprint density at radius 2 is 1.58 bits per heavy atom. The molecule has 1 aromatic heterocycles. The van der Waals surface area contributed by atoms with Crippen LogP contribution in [0.4, 0.5) is 0 Å². The van der Waals surface area contributed by atoms with Crippen molar-refractivity contribution in [3.05, 3.63) is 60.2 Å². The molecule has 0 saturated carbocycles. The van der Waals surface area contributed by atoms with Gasteiger partial charge in [-0.25, -0.2) is 4.98 Å². The molecule has 0 aliphatic rings. The summed E-state index contributed by atoms with van der Waals surface area (Å²) in [4.78, 5) is 4.79. The number of pyridine rings is 1. The van der Waals surface area contributed by atoms with Crippen LogP contribution in [0, 0.1) is 6.92 Å². The quantitative estimate of drug-likeness (QED) is 0.391. The van der Waals surface area contributed by atoms with Crippen LogP contribution in [0.5, 0.6) is 5.75 Å². The van der Waals surface area contributed by atoms with Gasteiger partial charge in [0.1, 0.15) is 5.75 Å². The summed E-state index contributed by atoms with van der Waals surface area (Å²) in [5.41, 5.74) is 4.43. The third-order valence-electron chi connectivity index (χ3n) is 4.76. The Balaban J connectivity index is 1.55. The van der Waals surface area contributed by atoms with Gasteiger partial charge in [-0.3, -0.25) is 0 Å². The summed E-state index contributed by atoms with van der Waals surface area (Å²) in [6, 6.07) is 18.9. The van der Waals surface area contributed by atoms with Gasteiger partial charge in [0.05, 0.1) is 17.8 Å². The maximum absolute atomic E-state index is 5.87. The molecule has 2 aromatic carbocycles. The highest BCUT2D eigenvalue weighted by molar-refractivity contribution is 5.82. The van der Waals surface area contributed by atoms with Crippen LogP contribution in [-0.4, -0.2) is 11.6 Å². The van der Waals surface area contributed by atoms with Crippen molar-refractivity contribution in [3.63, 3.8) is 0 Å². The Morgan fingerprint density at radius 1 is 0.808 bits per heavy atom. The lowest BCUT2D eigenvalue weighted by atomic mass is 10.1. The van der Waals surface area contributed by atoms with Gasteiger partial charge in [0, 0.05) is 10.9 Å². The van der Waals surface area contributed by atoms with Crippen molar-refractivity contribution >= 4 is 10.9 Å². The molecular weight excluding hydrogens is 318 g/mol. The molecular formula is C24H29NO. The lowest BCUT2D eigenvalue weighted by Crippen LogP contribution is -1.97. The minimum absolute atomic E-state index is 0.805. The Hall–Kier alpha value is -2.35. The van der Waals surface area contributed by atoms with Crippen molar-refractivity contribution in [2.24, 2.45) is 0 Å². The van der Waals surface area contributed by atoms with E-state index in [0.29, 0.717) is 0 Å². The van der Waals surface area contributed by atoms with E-state index < -0.39 is 0 Å². The van der Waals surface area contributed by atoms with Gasteiger partial charge in [0.2, 0.25) is 0 Å². The first-order valence-corrected chi connectivity index (χ1v) is 9.87. The molecule has 0 saturated heterocycles. The van der Waals surface area contributed by atoms with E-state index >= 15 is 0 Å². The molecule has 0 N–H and O–H groups in total. The molecule has 0 bridgehead atoms. The minimum Gasteiger partial charge on any atom is -0.494 e. The molecule has 2 nitrogen and oxygen atoms in total. The molecule has 0 amide bonds. The fourth-order valence-corrected chi connectivity index (χ4v) is 3.20. The van der Waals surface area contributed by atoms with Gasteiger partial charge in [-0.05, 0) is 55.8 Å². The van der Waals surface area contributed by atoms with E-state index in [0.717, 1.165) is 35.6 Å². The number of benzene rings is 2. The molecule has 0 radical (unpaired) electrons. The minimum atomic E-state index is 0.805. The van der Waals surface area contributed by atoms with Gasteiger partial charge in [-0.2, -0.15) is 0 Å². The van der Waals surface area contributed by atoms with Gasteiger partial charge >= 0.3 is 0 Å². The van der Waals surface area contributed by atoms with Crippen molar-refractivity contribution in [1.29, 1.82) is 0 Å². The van der Waals surface area contributed by atoms with Crippen LogP contribution in [0.3, 0.4) is 0 Å². The summed E-state index contributed by atoms with van der Waals surface area (Å²) in [5, 5.41) is 1.19. The second-order valence-corrected chi connectivity index (χ2v) is 7.03. The maximum Gasteiger partial charge on any atom is 0.119 e. The number of aromatic nitrogens is 1. The highest BCUT2D eigenvalue weighted by Crippen LogP contribution is 2.24. The average Bonchev–Trinajstić information content (AvgIpc) is 2.67. The van der Waals surface area contributed by atoms with Crippen LogP contribution in [0.25, 0.3) is 22.2 Å². The predicted octanol–water partition coefficient (Wildman–Crippen LogP) is 6.95. The van der Waals surface area contributed by atoms with Crippen LogP contribution in [0.15, 0.2) is 54.6 Å². The molecule has 0 aliphatic carbocycles. The van der Waals surface area contributed by atoms with Crippen LogP contribution in [0.1, 0.15) is 51.0 Å². The van der Waals surface area contributed by atoms with E-state index in [-0.39, 0.29) is 0 Å². The number of aryl methyl sites for hydroxylation is 1. The second kappa shape index (κ2) is 9.38. The number of hydrogen-bond acceptors (Lipinski definition) is 2. The van der Waals surface area contributed by atoms with Crippen LogP contribution < -0.4 is 4.74 Å². The number of nitrogens with zero attached hydrogens (tertiary/aromatic N) is 1. The zero-order valence-electron chi connectivity index (χ0n) is 16.0. The average molecular weight is 348 g/mol. The summed E-state index contributed by atoms with van der Waals surface area (Å²) in [5.74, 6) is 0.943. The number of unbranched alkanes of at least 4 members (excludes halogenated alkanes) is 5. The topological polar surface area (TPSA) is 22.1 Å². The highest BCUT2D eigenvalue weighted by atomic mass is 16.5. The first-order chi connectivity index (χ1) is 12.8. The number of fused-ring (bicyclic) bond motifs is 1. The zero-order valence-corrected chi connectivity index (χ0v) is 16.0. The second-order valence-electron chi connectivity index (χ2n) is 7.03. The lowest BCUT2D eigenvalue weighted by Gasteiger charge is -2.08. The molecule has 26 heavy (non-hydrogen) atoms. The summed E-state index contributed by atoms with van der Waals surface area (Å²) in [7, 11) is 0. The van der Waals surface area contributed by atoms with E-state index in [2.05, 4.69) is 56.3 Å². The smallest absolute Gasteiger partial charge is 0.119 e. The predicted molar refractivity (Wildman–Crippen MR) is 111 cm³/mol. The van der Waals surface area contributed by atoms with Crippen molar-refractivity contribution in [2.45, 2.75) is 52.4 Å². The van der Waals surface area contributed by atoms with Crippen molar-refractivity contribution in [2.75, 3.05) is 6.61 Å². The van der Waals surface area contributed by atoms with Gasteiger partial charge in [0.25, 0.3) is 0 Å². The first-order valence-electron chi connectivity index (χ1n) is 9.87. The molecule has 0 atom stereocenters. The molecule has 136 valence electrons. The van der Waals surface area contributed by atoms with E-state index in [1.165, 1.54) is 43.1 Å². The van der Waals surface area contributed by atoms with Crippen LogP contribution in [-0.2, 0) is 0 Å². The standard InChI is InChI=1S/C24H29NO/c1-3-4-5-6-7-8-17-26-22-13-10-20(11-14-22)23-16-12-21-18-19(2)9-15-24(21)25-23/h9-16,18H,3-8,17H2,1-2H3. The molecule has 0 fully saturated rings. The van der Waals surface area contributed by atoms with Crippen molar-refractivity contribution < 1.29 is 4.74 Å². The summed E-state index contributed by atoms with van der Waals surface area (Å²) >= 11 is 0. The van der Waals surface area contributed by atoms with Gasteiger partial charge in [0.15, 0.2) is 0 Å². The summed E-state index contributed by atoms with van der Waals surface area (Å²) in [6.07, 6.45) is 7.72. The summed E-state index contributed by atoms with van der Waals surface area (Å²) < 4.78 is 5.87. The SMILES string of the molecule is CCCCCCCCOc1ccc(-c2ccc3cc(C)ccc3n2)cc1. The number of rotatable bonds is 9. The normalized spacial score (nSPS) is 11.0. The molecule has 3 aromatic rings. The third-order valence-corrected chi connectivity index (χ3v) is 4.76. The Kier molecular flexibility index (Phi) is 6.65. The van der Waals surface area contributed by atoms with Crippen LogP contribution in [0.2, 0.25) is 0 Å². The Labute approximate surface area is 157 Å². The third kappa shape index (κ3) is 5.08. The fourth-order valence-electron chi connectivity index (χ4n) is 3.20. The highest BCUT2D eigenvalue weighted by Gasteiger charge is 2.03. The molecule has 0 spiro atoms. The van der Waals surface area contributed by atoms with Gasteiger partial charge in [-0.15, -0.1) is 0 Å². The Bertz CT molecular complexity index is 823. The number of hydrogen-bond donors (Lipinski definition) is 0. The largest absolute Gasteiger partial charge is 0.494 e. The van der Waals surface area contributed by atoms with Crippen molar-refractivity contribution in [3.8, 4) is 17.0 Å². The molecule has 3 rings (SSSR count). The van der Waals surface area contributed by atoms with Gasteiger partial charge < -0.3 is 4.74 Å². The molecule has 0 unspecified atom stereocenters. The zero-order chi connectivity index (χ0) is 18.2. The van der Waals surface area contributed by atoms with Gasteiger partial charge in [-0.1, -0.05) is 56.7 Å². The fraction of sp³-hybridized carbons (Fsp3) is 0.375. The Morgan fingerprint density at radius 3 is 2.38 bits per heavy atom. The monoisotopic (exact) mass is 347 g/mol. The first kappa shape index (κ1) is 18.4. The molecule has 2 heteroatoms. The van der Waals surface area contributed by atoms with E-state index in [1.807, 2.05) is 12.1 Å². The van der Waals surface area contributed by atoms with E-state index in [9.17, 15) is 0 Å².